The molecule has 2 aromatic carbocycles. The molecule has 45 heavy (non-hydrogen) atoms. The molecule has 10 heteroatoms. The summed E-state index contributed by atoms with van der Waals surface area (Å²) >= 11 is 12.5. The predicted octanol–water partition coefficient (Wildman–Crippen LogP) is 6.96. The molecule has 2 N–H and O–H groups in total. The van der Waals surface area contributed by atoms with Crippen LogP contribution in [0.5, 0.6) is 0 Å². The van der Waals surface area contributed by atoms with Crippen LogP contribution in [0.15, 0.2) is 48.7 Å². The van der Waals surface area contributed by atoms with E-state index in [-0.39, 0.29) is 32.2 Å². The van der Waals surface area contributed by atoms with Gasteiger partial charge in [-0.15, -0.1) is 0 Å². The molecule has 1 heterocycles. The molecule has 7 rings (SSSR count). The van der Waals surface area contributed by atoms with Gasteiger partial charge in [-0.1, -0.05) is 47.5 Å². The lowest BCUT2D eigenvalue weighted by atomic mass is 9.55. The zero-order valence-corrected chi connectivity index (χ0v) is 27.3. The number of H-pyrrole nitrogens is 1. The van der Waals surface area contributed by atoms with Crippen LogP contribution in [-0.2, 0) is 31.9 Å². The lowest BCUT2D eigenvalue weighted by molar-refractivity contribution is -0.151. The van der Waals surface area contributed by atoms with Crippen molar-refractivity contribution in [3.05, 3.63) is 69.8 Å². The number of fused-ring (bicyclic) bond motifs is 1. The zero-order chi connectivity index (χ0) is 31.7. The number of nitrogens with one attached hydrogen (secondary N) is 2. The van der Waals surface area contributed by atoms with Crippen molar-refractivity contribution in [2.45, 2.75) is 70.4 Å². The highest BCUT2D eigenvalue weighted by Gasteiger charge is 2.50. The number of aromatic nitrogens is 1. The fourth-order valence-electron chi connectivity index (χ4n) is 8.22. The summed E-state index contributed by atoms with van der Waals surface area (Å²) in [7, 11) is 0. The van der Waals surface area contributed by atoms with Crippen molar-refractivity contribution < 1.29 is 23.9 Å². The molecule has 8 nitrogen and oxygen atoms in total. The van der Waals surface area contributed by atoms with Crippen LogP contribution in [0.25, 0.3) is 10.9 Å². The van der Waals surface area contributed by atoms with E-state index in [1.807, 2.05) is 36.5 Å². The summed E-state index contributed by atoms with van der Waals surface area (Å²) in [6, 6.07) is 13.0. The number of aromatic amines is 1. The highest BCUT2D eigenvalue weighted by molar-refractivity contribution is 6.35. The van der Waals surface area contributed by atoms with Crippen LogP contribution >= 0.6 is 23.2 Å². The van der Waals surface area contributed by atoms with E-state index in [1.54, 1.807) is 26.0 Å². The number of carbonyl (C=O) groups is 3. The minimum atomic E-state index is -1.43. The lowest BCUT2D eigenvalue weighted by Crippen LogP contribution is -2.61. The summed E-state index contributed by atoms with van der Waals surface area (Å²) in [5.41, 5.74) is 1.16. The van der Waals surface area contributed by atoms with Crippen molar-refractivity contribution in [2.75, 3.05) is 19.7 Å². The van der Waals surface area contributed by atoms with Gasteiger partial charge in [-0.2, -0.15) is 0 Å². The number of ether oxygens (including phenoxy) is 2. The summed E-state index contributed by atoms with van der Waals surface area (Å²) in [5.74, 6) is 1.31. The van der Waals surface area contributed by atoms with Crippen molar-refractivity contribution in [2.24, 2.45) is 23.7 Å². The molecular weight excluding hydrogens is 613 g/mol. The smallest absolute Gasteiger partial charge is 0.408 e. The molecule has 0 spiro atoms. The maximum absolute atomic E-state index is 14.6. The number of hydrogen-bond acceptors (Lipinski definition) is 5. The van der Waals surface area contributed by atoms with Crippen molar-refractivity contribution >= 4 is 52.1 Å². The minimum Gasteiger partial charge on any atom is -0.465 e. The number of nitrogens with zero attached hydrogens (tertiary/aromatic N) is 1. The molecule has 4 aliphatic rings. The molecule has 0 radical (unpaired) electrons. The Morgan fingerprint density at radius 2 is 1.71 bits per heavy atom. The van der Waals surface area contributed by atoms with Crippen LogP contribution in [0, 0.1) is 23.7 Å². The number of benzene rings is 2. The molecule has 4 saturated carbocycles. The van der Waals surface area contributed by atoms with E-state index >= 15 is 0 Å². The second-order valence-electron chi connectivity index (χ2n) is 13.3. The fourth-order valence-corrected chi connectivity index (χ4v) is 8.72. The van der Waals surface area contributed by atoms with E-state index < -0.39 is 23.5 Å². The van der Waals surface area contributed by atoms with Gasteiger partial charge in [-0.25, -0.2) is 4.79 Å². The van der Waals surface area contributed by atoms with Gasteiger partial charge in [0.2, 0.25) is 5.91 Å². The van der Waals surface area contributed by atoms with Gasteiger partial charge < -0.3 is 24.7 Å². The maximum atomic E-state index is 14.6. The summed E-state index contributed by atoms with van der Waals surface area (Å²) in [6.07, 6.45) is 7.44. The summed E-state index contributed by atoms with van der Waals surface area (Å²) in [5, 5.41) is 4.94. The number of halogens is 2. The standard InChI is InChI=1S/C35H41Cl2N3O5/c1-3-44-31(41)20-40(11-10-23-8-9-27(36)17-29(23)37)33(42)35(2,18-26-19-38-30-7-5-4-6-28(26)30)39-34(43)45-32-24-13-21-12-22(15-24)16-25(32)14-21/h4-9,17,19,21-22,24-25,32,38H,3,10-16,18,20H2,1-2H3,(H,39,43). The Kier molecular flexibility index (Phi) is 9.34. The molecule has 2 amide bonds. The van der Waals surface area contributed by atoms with Crippen molar-refractivity contribution in [3.8, 4) is 0 Å². The Bertz CT molecular complexity index is 1550. The van der Waals surface area contributed by atoms with E-state index in [9.17, 15) is 14.4 Å². The molecule has 240 valence electrons. The highest BCUT2D eigenvalue weighted by Crippen LogP contribution is 2.54. The molecule has 4 aliphatic carbocycles. The molecule has 0 aliphatic heterocycles. The van der Waals surface area contributed by atoms with Crippen LogP contribution in [-0.4, -0.2) is 59.2 Å². The predicted molar refractivity (Wildman–Crippen MR) is 174 cm³/mol. The largest absolute Gasteiger partial charge is 0.465 e. The first kappa shape index (κ1) is 31.7. The van der Waals surface area contributed by atoms with E-state index in [4.69, 9.17) is 32.7 Å². The third kappa shape index (κ3) is 6.97. The van der Waals surface area contributed by atoms with Gasteiger partial charge in [-0.05, 0) is 105 Å². The van der Waals surface area contributed by atoms with Crippen molar-refractivity contribution in [1.82, 2.24) is 15.2 Å². The minimum absolute atomic E-state index is 0.132. The number of rotatable bonds is 11. The highest BCUT2D eigenvalue weighted by atomic mass is 35.5. The monoisotopic (exact) mass is 653 g/mol. The molecule has 0 saturated heterocycles. The molecule has 1 aromatic heterocycles. The lowest BCUT2D eigenvalue weighted by Gasteiger charge is -2.53. The van der Waals surface area contributed by atoms with Gasteiger partial charge in [0, 0.05) is 40.1 Å². The van der Waals surface area contributed by atoms with Gasteiger partial charge in [-0.3, -0.25) is 9.59 Å². The van der Waals surface area contributed by atoms with Crippen LogP contribution in [0.2, 0.25) is 10.0 Å². The second-order valence-corrected chi connectivity index (χ2v) is 14.2. The topological polar surface area (TPSA) is 101 Å². The van der Waals surface area contributed by atoms with E-state index in [2.05, 4.69) is 10.3 Å². The number of carbonyl (C=O) groups excluding carboxylic acids is 3. The van der Waals surface area contributed by atoms with Crippen LogP contribution in [0.3, 0.4) is 0 Å². The first-order chi connectivity index (χ1) is 21.6. The van der Waals surface area contributed by atoms with Gasteiger partial charge in [0.1, 0.15) is 18.2 Å². The van der Waals surface area contributed by atoms with Gasteiger partial charge in [0.05, 0.1) is 6.61 Å². The Balaban J connectivity index is 1.27. The van der Waals surface area contributed by atoms with Crippen molar-refractivity contribution in [3.63, 3.8) is 0 Å². The third-order valence-electron chi connectivity index (χ3n) is 10.0. The van der Waals surface area contributed by atoms with E-state index in [0.717, 1.165) is 59.5 Å². The summed E-state index contributed by atoms with van der Waals surface area (Å²) in [6.45, 7) is 3.53. The SMILES string of the molecule is CCOC(=O)CN(CCc1ccc(Cl)cc1Cl)C(=O)C(C)(Cc1c[nH]c2ccccc12)NC(=O)OC1C2CC3CC(C2)CC1C3. The van der Waals surface area contributed by atoms with Crippen LogP contribution in [0.1, 0.15) is 57.1 Å². The average Bonchev–Trinajstić information content (AvgIpc) is 3.39. The molecule has 1 unspecified atom stereocenters. The Hall–Kier alpha value is -3.23. The van der Waals surface area contributed by atoms with Gasteiger partial charge >= 0.3 is 12.1 Å². The molecule has 3 aromatic rings. The van der Waals surface area contributed by atoms with Gasteiger partial charge in [0.25, 0.3) is 0 Å². The number of alkyl carbamates (subject to hydrolysis) is 1. The fraction of sp³-hybridized carbons (Fsp3) is 0.514. The number of esters is 1. The Morgan fingerprint density at radius 3 is 2.40 bits per heavy atom. The van der Waals surface area contributed by atoms with Crippen LogP contribution < -0.4 is 5.32 Å². The molecule has 4 bridgehead atoms. The summed E-state index contributed by atoms with van der Waals surface area (Å²) < 4.78 is 11.4. The number of amides is 2. The number of hydrogen-bond donors (Lipinski definition) is 2. The molecule has 4 fully saturated rings. The third-order valence-corrected chi connectivity index (χ3v) is 10.6. The second kappa shape index (κ2) is 13.2. The van der Waals surface area contributed by atoms with Crippen molar-refractivity contribution in [1.29, 1.82) is 0 Å². The molecular formula is C35H41Cl2N3O5. The normalized spacial score (nSPS) is 24.7. The Labute approximate surface area is 274 Å². The average molecular weight is 655 g/mol. The quantitative estimate of drug-likeness (QED) is 0.218. The first-order valence-corrected chi connectivity index (χ1v) is 16.8. The Morgan fingerprint density at radius 1 is 1.00 bits per heavy atom. The van der Waals surface area contributed by atoms with E-state index in [1.165, 1.54) is 11.3 Å². The zero-order valence-electron chi connectivity index (χ0n) is 25.8. The summed E-state index contributed by atoms with van der Waals surface area (Å²) in [4.78, 5) is 45.8. The molecule has 1 atom stereocenters. The number of para-hydroxylation sites is 1. The van der Waals surface area contributed by atoms with Gasteiger partial charge in [0.15, 0.2) is 0 Å². The van der Waals surface area contributed by atoms with E-state index in [0.29, 0.717) is 28.3 Å². The van der Waals surface area contributed by atoms with Crippen LogP contribution in [0.4, 0.5) is 4.79 Å². The maximum Gasteiger partial charge on any atom is 0.408 e. The first-order valence-electron chi connectivity index (χ1n) is 16.0.